The van der Waals surface area contributed by atoms with Gasteiger partial charge in [0.1, 0.15) is 6.04 Å². The molecule has 1 aromatic carbocycles. The lowest BCUT2D eigenvalue weighted by molar-refractivity contribution is -0.122. The highest BCUT2D eigenvalue weighted by molar-refractivity contribution is 5.97. The highest BCUT2D eigenvalue weighted by Crippen LogP contribution is 2.04. The first-order valence-corrected chi connectivity index (χ1v) is 6.64. The number of hydrogen-bond acceptors (Lipinski definition) is 3. The summed E-state index contributed by atoms with van der Waals surface area (Å²) in [5.74, 6) is -0.559. The molecule has 7 nitrogen and oxygen atoms in total. The number of carbonyl (C=O) groups excluding carboxylic acids is 3. The molecule has 1 unspecified atom stereocenters. The number of carbonyl (C=O) groups is 3. The predicted molar refractivity (Wildman–Crippen MR) is 78.5 cm³/mol. The van der Waals surface area contributed by atoms with Gasteiger partial charge >= 0.3 is 6.03 Å². The molecule has 1 rings (SSSR count). The third kappa shape index (κ3) is 5.52. The summed E-state index contributed by atoms with van der Waals surface area (Å²) in [6.07, 6.45) is 0. The van der Waals surface area contributed by atoms with Gasteiger partial charge in [0, 0.05) is 18.7 Å². The fourth-order valence-electron chi connectivity index (χ4n) is 1.64. The van der Waals surface area contributed by atoms with Gasteiger partial charge in [-0.25, -0.2) is 4.79 Å². The predicted octanol–water partition coefficient (Wildman–Crippen LogP) is 0.109. The maximum absolute atomic E-state index is 12.0. The molecule has 114 valence electrons. The molecule has 7 heteroatoms. The average Bonchev–Trinajstić information content (AvgIpc) is 2.45. The molecule has 0 aliphatic heterocycles. The van der Waals surface area contributed by atoms with Crippen molar-refractivity contribution in [1.82, 2.24) is 16.0 Å². The molecule has 0 aliphatic rings. The van der Waals surface area contributed by atoms with Crippen LogP contribution in [0.1, 0.15) is 29.8 Å². The Hall–Kier alpha value is -2.57. The van der Waals surface area contributed by atoms with Gasteiger partial charge in [0.15, 0.2) is 0 Å². The van der Waals surface area contributed by atoms with Gasteiger partial charge in [-0.15, -0.1) is 0 Å². The van der Waals surface area contributed by atoms with E-state index in [2.05, 4.69) is 16.0 Å². The van der Waals surface area contributed by atoms with Crippen LogP contribution < -0.4 is 21.7 Å². The molecule has 0 fully saturated rings. The molecule has 0 radical (unpaired) electrons. The van der Waals surface area contributed by atoms with Crippen LogP contribution in [0.2, 0.25) is 0 Å². The second kappa shape index (κ2) is 7.88. The second-order valence-corrected chi connectivity index (χ2v) is 4.50. The Balaban J connectivity index is 2.58. The molecule has 0 bridgehead atoms. The first kappa shape index (κ1) is 16.5. The number of primary amides is 1. The van der Waals surface area contributed by atoms with E-state index in [0.717, 1.165) is 5.56 Å². The van der Waals surface area contributed by atoms with Crippen LogP contribution in [-0.4, -0.2) is 30.4 Å². The van der Waals surface area contributed by atoms with Crippen molar-refractivity contribution in [2.75, 3.05) is 6.54 Å². The number of urea groups is 1. The molecule has 0 saturated heterocycles. The van der Waals surface area contributed by atoms with Gasteiger partial charge in [0.05, 0.1) is 0 Å². The van der Waals surface area contributed by atoms with E-state index in [1.54, 1.807) is 31.2 Å². The van der Waals surface area contributed by atoms with Crippen LogP contribution >= 0.6 is 0 Å². The van der Waals surface area contributed by atoms with Crippen molar-refractivity contribution in [1.29, 1.82) is 0 Å². The van der Waals surface area contributed by atoms with Gasteiger partial charge < -0.3 is 21.7 Å². The number of nitrogens with two attached hydrogens (primary N) is 1. The van der Waals surface area contributed by atoms with E-state index in [4.69, 9.17) is 5.73 Å². The highest BCUT2D eigenvalue weighted by atomic mass is 16.2. The molecule has 0 spiro atoms. The first-order chi connectivity index (χ1) is 9.93. The summed E-state index contributed by atoms with van der Waals surface area (Å²) in [5, 5.41) is 7.70. The summed E-state index contributed by atoms with van der Waals surface area (Å²) < 4.78 is 0. The number of rotatable bonds is 6. The van der Waals surface area contributed by atoms with Crippen LogP contribution in [0, 0.1) is 0 Å². The van der Waals surface area contributed by atoms with Gasteiger partial charge in [-0.2, -0.15) is 0 Å². The molecule has 0 aromatic heterocycles. The minimum atomic E-state index is -0.604. The SMILES string of the molecule is CCNC(=O)C(C)NC(=O)c1ccc(CNC(N)=O)cc1. The monoisotopic (exact) mass is 292 g/mol. The Bertz CT molecular complexity index is 513. The third-order valence-electron chi connectivity index (χ3n) is 2.77. The summed E-state index contributed by atoms with van der Waals surface area (Å²) in [5.41, 5.74) is 6.23. The Labute approximate surface area is 123 Å². The number of likely N-dealkylation sites (N-methyl/N-ethyl adjacent to an activating group) is 1. The average molecular weight is 292 g/mol. The molecular weight excluding hydrogens is 272 g/mol. The Morgan fingerprint density at radius 3 is 2.29 bits per heavy atom. The van der Waals surface area contributed by atoms with E-state index in [1.807, 2.05) is 6.92 Å². The Morgan fingerprint density at radius 2 is 1.76 bits per heavy atom. The van der Waals surface area contributed by atoms with Crippen LogP contribution in [0.25, 0.3) is 0 Å². The molecular formula is C14H20N4O3. The molecule has 21 heavy (non-hydrogen) atoms. The van der Waals surface area contributed by atoms with E-state index >= 15 is 0 Å². The van der Waals surface area contributed by atoms with Gasteiger partial charge in [0.2, 0.25) is 5.91 Å². The van der Waals surface area contributed by atoms with Crippen LogP contribution in [0.5, 0.6) is 0 Å². The minimum Gasteiger partial charge on any atom is -0.355 e. The molecule has 1 atom stereocenters. The smallest absolute Gasteiger partial charge is 0.312 e. The molecule has 5 N–H and O–H groups in total. The Morgan fingerprint density at radius 1 is 1.14 bits per heavy atom. The van der Waals surface area contributed by atoms with E-state index in [-0.39, 0.29) is 11.8 Å². The third-order valence-corrected chi connectivity index (χ3v) is 2.77. The topological polar surface area (TPSA) is 113 Å². The molecule has 0 aliphatic carbocycles. The number of amides is 4. The van der Waals surface area contributed by atoms with E-state index in [0.29, 0.717) is 18.7 Å². The van der Waals surface area contributed by atoms with Gasteiger partial charge in [-0.05, 0) is 31.5 Å². The minimum absolute atomic E-state index is 0.229. The van der Waals surface area contributed by atoms with E-state index < -0.39 is 12.1 Å². The lowest BCUT2D eigenvalue weighted by Gasteiger charge is -2.13. The molecule has 0 saturated carbocycles. The van der Waals surface area contributed by atoms with Crippen molar-refractivity contribution < 1.29 is 14.4 Å². The van der Waals surface area contributed by atoms with Crippen molar-refractivity contribution in [2.24, 2.45) is 5.73 Å². The quantitative estimate of drug-likeness (QED) is 0.596. The van der Waals surface area contributed by atoms with Gasteiger partial charge in [0.25, 0.3) is 5.91 Å². The molecule has 0 heterocycles. The number of benzene rings is 1. The van der Waals surface area contributed by atoms with Crippen molar-refractivity contribution in [3.63, 3.8) is 0 Å². The summed E-state index contributed by atoms with van der Waals surface area (Å²) >= 11 is 0. The fraction of sp³-hybridized carbons (Fsp3) is 0.357. The zero-order chi connectivity index (χ0) is 15.8. The maximum atomic E-state index is 12.0. The summed E-state index contributed by atoms with van der Waals surface area (Å²) in [7, 11) is 0. The van der Waals surface area contributed by atoms with Crippen molar-refractivity contribution in [3.8, 4) is 0 Å². The largest absolute Gasteiger partial charge is 0.355 e. The summed E-state index contributed by atoms with van der Waals surface area (Å²) in [6.45, 7) is 4.24. The first-order valence-electron chi connectivity index (χ1n) is 6.64. The standard InChI is InChI=1S/C14H20N4O3/c1-3-16-12(19)9(2)18-13(20)11-6-4-10(5-7-11)8-17-14(15)21/h4-7,9H,3,8H2,1-2H3,(H,16,19)(H,18,20)(H3,15,17,21). The summed E-state index contributed by atoms with van der Waals surface area (Å²) in [6, 6.07) is 5.46. The fourth-order valence-corrected chi connectivity index (χ4v) is 1.64. The van der Waals surface area contributed by atoms with E-state index in [9.17, 15) is 14.4 Å². The van der Waals surface area contributed by atoms with E-state index in [1.165, 1.54) is 0 Å². The number of nitrogens with one attached hydrogen (secondary N) is 3. The molecule has 1 aromatic rings. The molecule has 4 amide bonds. The van der Waals surface area contributed by atoms with Gasteiger partial charge in [-0.3, -0.25) is 9.59 Å². The normalized spacial score (nSPS) is 11.3. The zero-order valence-corrected chi connectivity index (χ0v) is 12.1. The maximum Gasteiger partial charge on any atom is 0.312 e. The Kier molecular flexibility index (Phi) is 6.19. The van der Waals surface area contributed by atoms with Crippen LogP contribution in [0.3, 0.4) is 0 Å². The van der Waals surface area contributed by atoms with Crippen molar-refractivity contribution in [2.45, 2.75) is 26.4 Å². The zero-order valence-electron chi connectivity index (χ0n) is 12.1. The summed E-state index contributed by atoms with van der Waals surface area (Å²) in [4.78, 5) is 34.1. The van der Waals surface area contributed by atoms with Crippen LogP contribution in [-0.2, 0) is 11.3 Å². The lowest BCUT2D eigenvalue weighted by atomic mass is 10.1. The number of hydrogen-bond donors (Lipinski definition) is 4. The lowest BCUT2D eigenvalue weighted by Crippen LogP contribution is -2.44. The second-order valence-electron chi connectivity index (χ2n) is 4.50. The van der Waals surface area contributed by atoms with Crippen LogP contribution in [0.15, 0.2) is 24.3 Å². The highest BCUT2D eigenvalue weighted by Gasteiger charge is 2.15. The van der Waals surface area contributed by atoms with Crippen LogP contribution in [0.4, 0.5) is 4.79 Å². The van der Waals surface area contributed by atoms with Crippen molar-refractivity contribution in [3.05, 3.63) is 35.4 Å². The van der Waals surface area contributed by atoms with Gasteiger partial charge in [-0.1, -0.05) is 12.1 Å². The van der Waals surface area contributed by atoms with Crippen molar-refractivity contribution >= 4 is 17.8 Å².